The van der Waals surface area contributed by atoms with Crippen LogP contribution in [0.3, 0.4) is 0 Å². The fraction of sp³-hybridized carbons (Fsp3) is 0. The molecule has 0 aliphatic carbocycles. The summed E-state index contributed by atoms with van der Waals surface area (Å²) in [4.78, 5) is 0. The minimum atomic E-state index is -2.92. The van der Waals surface area contributed by atoms with Gasteiger partial charge in [0.05, 0.1) is 0 Å². The van der Waals surface area contributed by atoms with E-state index in [0.717, 1.165) is 0 Å². The van der Waals surface area contributed by atoms with Gasteiger partial charge in [0.25, 0.3) is 0 Å². The van der Waals surface area contributed by atoms with Crippen LogP contribution in [0.15, 0.2) is 0 Å². The van der Waals surface area contributed by atoms with Gasteiger partial charge in [-0.15, -0.1) is 0 Å². The summed E-state index contributed by atoms with van der Waals surface area (Å²) in [5.74, 6) is 0. The van der Waals surface area contributed by atoms with Gasteiger partial charge in [-0.1, -0.05) is 0 Å². The predicted octanol–water partition coefficient (Wildman–Crippen LogP) is -3.95. The SMILES string of the molecule is [Ag+3].[O-]B([O-])[O-]. The van der Waals surface area contributed by atoms with Crippen LogP contribution >= 0.6 is 0 Å². The third kappa shape index (κ3) is 72.0. The first-order chi connectivity index (χ1) is 1.73. The molecule has 0 amide bonds. The number of hydrogen-bond donors (Lipinski definition) is 0. The molecule has 0 radical (unpaired) electrons. The average molecular weight is 167 g/mol. The van der Waals surface area contributed by atoms with E-state index in [-0.39, 0.29) is 22.4 Å². The molecule has 0 atom stereocenters. The van der Waals surface area contributed by atoms with Crippen molar-refractivity contribution in [3.8, 4) is 0 Å². The average Bonchev–Trinajstić information content (AvgIpc) is 0.811. The molecule has 0 saturated carbocycles. The second-order valence-electron chi connectivity index (χ2n) is 0.289. The van der Waals surface area contributed by atoms with E-state index >= 15 is 0 Å². The zero-order chi connectivity index (χ0) is 3.58. The third-order valence-corrected chi connectivity index (χ3v) is 0. The summed E-state index contributed by atoms with van der Waals surface area (Å²) in [7, 11) is -2.92. The Hall–Kier alpha value is 0.685. The van der Waals surface area contributed by atoms with Crippen LogP contribution in [0.25, 0.3) is 0 Å². The number of hydrogen-bond acceptors (Lipinski definition) is 3. The standard InChI is InChI=1S/Ag.BO3/c;2-1(3)4/q+3;-3. The minimum Gasteiger partial charge on any atom is -0.907 e. The van der Waals surface area contributed by atoms with E-state index in [2.05, 4.69) is 0 Å². The van der Waals surface area contributed by atoms with Crippen molar-refractivity contribution < 1.29 is 37.5 Å². The van der Waals surface area contributed by atoms with Crippen molar-refractivity contribution in [2.45, 2.75) is 0 Å². The van der Waals surface area contributed by atoms with Crippen molar-refractivity contribution in [3.05, 3.63) is 0 Å². The van der Waals surface area contributed by atoms with E-state index in [1.54, 1.807) is 0 Å². The molecule has 5 heavy (non-hydrogen) atoms. The van der Waals surface area contributed by atoms with Crippen molar-refractivity contribution in [1.29, 1.82) is 0 Å². The summed E-state index contributed by atoms with van der Waals surface area (Å²) in [6.07, 6.45) is 0. The maximum Gasteiger partial charge on any atom is 3.00 e. The first-order valence-electron chi connectivity index (χ1n) is 0.707. The second-order valence-corrected chi connectivity index (χ2v) is 0.289. The Balaban J connectivity index is 0. The van der Waals surface area contributed by atoms with Crippen molar-refractivity contribution in [2.24, 2.45) is 0 Å². The Morgan fingerprint density at radius 2 is 1.00 bits per heavy atom. The second kappa shape index (κ2) is 4.69. The van der Waals surface area contributed by atoms with E-state index in [1.165, 1.54) is 0 Å². The predicted molar refractivity (Wildman–Crippen MR) is 5.75 cm³/mol. The fourth-order valence-electron chi connectivity index (χ4n) is 0. The maximum atomic E-state index is 8.42. The Bertz CT molecular complexity index is 11.6. The van der Waals surface area contributed by atoms with Crippen molar-refractivity contribution in [1.82, 2.24) is 0 Å². The molecule has 0 spiro atoms. The molecule has 3 nitrogen and oxygen atoms in total. The molecular weight excluding hydrogens is 167 g/mol. The quantitative estimate of drug-likeness (QED) is 0.345. The molecule has 0 aliphatic heterocycles. The van der Waals surface area contributed by atoms with Crippen molar-refractivity contribution in [3.63, 3.8) is 0 Å². The van der Waals surface area contributed by atoms with Gasteiger partial charge in [-0.3, -0.25) is 7.32 Å². The molecule has 0 bridgehead atoms. The fourth-order valence-corrected chi connectivity index (χ4v) is 0. The molecule has 5 heteroatoms. The first kappa shape index (κ1) is 9.19. The zero-order valence-electron chi connectivity index (χ0n) is 2.10. The van der Waals surface area contributed by atoms with Gasteiger partial charge in [-0.25, -0.2) is 0 Å². The molecule has 0 aromatic rings. The van der Waals surface area contributed by atoms with Crippen LogP contribution in [-0.2, 0) is 22.4 Å². The molecule has 0 aliphatic rings. The van der Waals surface area contributed by atoms with Crippen LogP contribution in [0.4, 0.5) is 0 Å². The van der Waals surface area contributed by atoms with Crippen LogP contribution in [0.2, 0.25) is 0 Å². The van der Waals surface area contributed by atoms with Crippen molar-refractivity contribution in [2.75, 3.05) is 0 Å². The molecule has 0 unspecified atom stereocenters. The zero-order valence-corrected chi connectivity index (χ0v) is 3.59. The summed E-state index contributed by atoms with van der Waals surface area (Å²) in [6, 6.07) is 0. The molecule has 0 aromatic heterocycles. The molecule has 0 heterocycles. The topological polar surface area (TPSA) is 69.2 Å². The summed E-state index contributed by atoms with van der Waals surface area (Å²) >= 11 is 0. The van der Waals surface area contributed by atoms with Crippen molar-refractivity contribution >= 4 is 7.32 Å². The normalized spacial score (nSPS) is 5.40. The Morgan fingerprint density at radius 1 is 1.00 bits per heavy atom. The van der Waals surface area contributed by atoms with Gasteiger partial charge in [0.2, 0.25) is 0 Å². The van der Waals surface area contributed by atoms with E-state index in [9.17, 15) is 0 Å². The Labute approximate surface area is 45.3 Å². The van der Waals surface area contributed by atoms with E-state index in [4.69, 9.17) is 15.1 Å². The van der Waals surface area contributed by atoms with Crippen LogP contribution in [-0.4, -0.2) is 7.32 Å². The first-order valence-corrected chi connectivity index (χ1v) is 0.707. The van der Waals surface area contributed by atoms with Crippen LogP contribution in [0.5, 0.6) is 0 Å². The molecule has 0 fully saturated rings. The minimum absolute atomic E-state index is 0. The van der Waals surface area contributed by atoms with Gasteiger partial charge in [0.1, 0.15) is 0 Å². The number of rotatable bonds is 0. The monoisotopic (exact) mass is 166 g/mol. The molecule has 0 rings (SSSR count). The van der Waals surface area contributed by atoms with Gasteiger partial charge in [0, 0.05) is 0 Å². The van der Waals surface area contributed by atoms with Crippen LogP contribution in [0, 0.1) is 0 Å². The maximum absolute atomic E-state index is 8.42. The van der Waals surface area contributed by atoms with E-state index in [0.29, 0.717) is 0 Å². The molecule has 0 aromatic carbocycles. The van der Waals surface area contributed by atoms with E-state index in [1.807, 2.05) is 0 Å². The smallest absolute Gasteiger partial charge is 0.907 e. The van der Waals surface area contributed by atoms with E-state index < -0.39 is 7.32 Å². The van der Waals surface area contributed by atoms with Gasteiger partial charge < -0.3 is 15.1 Å². The summed E-state index contributed by atoms with van der Waals surface area (Å²) < 4.78 is 0. The summed E-state index contributed by atoms with van der Waals surface area (Å²) in [6.45, 7) is 0. The largest absolute Gasteiger partial charge is 3.00 e. The molecule has 0 saturated heterocycles. The van der Waals surface area contributed by atoms with Gasteiger partial charge >= 0.3 is 22.4 Å². The Morgan fingerprint density at radius 3 is 1.00 bits per heavy atom. The van der Waals surface area contributed by atoms with Crippen LogP contribution < -0.4 is 15.1 Å². The van der Waals surface area contributed by atoms with Gasteiger partial charge in [0.15, 0.2) is 0 Å². The Kier molecular flexibility index (Phi) is 8.61. The summed E-state index contributed by atoms with van der Waals surface area (Å²) in [5, 5.41) is 25.2. The van der Waals surface area contributed by atoms with Gasteiger partial charge in [-0.2, -0.15) is 0 Å². The van der Waals surface area contributed by atoms with Crippen LogP contribution in [0.1, 0.15) is 0 Å². The molecular formula is AgBO3. The third-order valence-electron chi connectivity index (χ3n) is 0. The molecule has 32 valence electrons. The molecule has 0 N–H and O–H groups in total. The summed E-state index contributed by atoms with van der Waals surface area (Å²) in [5.41, 5.74) is 0. The van der Waals surface area contributed by atoms with Gasteiger partial charge in [-0.05, 0) is 0 Å².